The summed E-state index contributed by atoms with van der Waals surface area (Å²) in [6.45, 7) is 0. The lowest BCUT2D eigenvalue weighted by molar-refractivity contribution is 0.0601. The Hall–Kier alpha value is -1.51. The molecule has 0 amide bonds. The molecule has 0 fully saturated rings. The van der Waals surface area contributed by atoms with Gasteiger partial charge in [-0.2, -0.15) is 0 Å². The number of esters is 1. The number of methoxy groups -OCH3 is 1. The van der Waals surface area contributed by atoms with E-state index in [1.54, 1.807) is 24.3 Å². The van der Waals surface area contributed by atoms with E-state index in [4.69, 9.17) is 5.73 Å². The van der Waals surface area contributed by atoms with E-state index in [2.05, 4.69) is 4.74 Å². The van der Waals surface area contributed by atoms with Gasteiger partial charge >= 0.3 is 5.97 Å². The summed E-state index contributed by atoms with van der Waals surface area (Å²) in [6, 6.07) is 6.57. The highest BCUT2D eigenvalue weighted by Gasteiger charge is 2.02. The van der Waals surface area contributed by atoms with Gasteiger partial charge in [0.2, 0.25) is 0 Å². The van der Waals surface area contributed by atoms with Gasteiger partial charge in [-0.1, -0.05) is 7.43 Å². The molecule has 2 N–H and O–H groups in total. The molecule has 0 aliphatic rings. The molecule has 66 valence electrons. The van der Waals surface area contributed by atoms with Crippen LogP contribution >= 0.6 is 0 Å². The minimum absolute atomic E-state index is 0. The smallest absolute Gasteiger partial charge is 0.337 e. The molecule has 0 aromatic heterocycles. The van der Waals surface area contributed by atoms with Gasteiger partial charge in [0.05, 0.1) is 12.7 Å². The molecule has 0 saturated heterocycles. The third kappa shape index (κ3) is 2.27. The normalized spacial score (nSPS) is 8.42. The fraction of sp³-hybridized carbons (Fsp3) is 0.222. The van der Waals surface area contributed by atoms with Gasteiger partial charge in [0.25, 0.3) is 0 Å². The average molecular weight is 167 g/mol. The molecule has 0 saturated carbocycles. The number of hydrogen-bond acceptors (Lipinski definition) is 3. The first-order valence-electron chi connectivity index (χ1n) is 3.18. The van der Waals surface area contributed by atoms with Crippen LogP contribution in [0.3, 0.4) is 0 Å². The number of hydrogen-bond donors (Lipinski definition) is 1. The minimum Gasteiger partial charge on any atom is -0.465 e. The second-order valence-electron chi connectivity index (χ2n) is 2.11. The molecule has 0 aliphatic carbocycles. The van der Waals surface area contributed by atoms with E-state index in [1.165, 1.54) is 7.11 Å². The van der Waals surface area contributed by atoms with Crippen molar-refractivity contribution in [3.8, 4) is 0 Å². The Morgan fingerprint density at radius 3 is 2.25 bits per heavy atom. The highest BCUT2D eigenvalue weighted by molar-refractivity contribution is 5.89. The summed E-state index contributed by atoms with van der Waals surface area (Å²) in [5, 5.41) is 0. The van der Waals surface area contributed by atoms with Crippen molar-refractivity contribution >= 4 is 11.7 Å². The first-order valence-corrected chi connectivity index (χ1v) is 3.18. The van der Waals surface area contributed by atoms with Crippen molar-refractivity contribution in [2.45, 2.75) is 7.43 Å². The first kappa shape index (κ1) is 10.5. The SMILES string of the molecule is C.COC(=O)c1ccc(N)cc1. The van der Waals surface area contributed by atoms with Crippen LogP contribution in [-0.4, -0.2) is 13.1 Å². The average Bonchev–Trinajstić information content (AvgIpc) is 2.05. The topological polar surface area (TPSA) is 52.3 Å². The highest BCUT2D eigenvalue weighted by Crippen LogP contribution is 2.05. The number of ether oxygens (including phenoxy) is 1. The Morgan fingerprint density at radius 2 is 1.83 bits per heavy atom. The lowest BCUT2D eigenvalue weighted by Crippen LogP contribution is -2.00. The van der Waals surface area contributed by atoms with E-state index in [1.807, 2.05) is 0 Å². The molecule has 0 heterocycles. The zero-order valence-electron chi connectivity index (χ0n) is 6.20. The molecule has 0 aliphatic heterocycles. The number of nitrogen functional groups attached to an aromatic ring is 1. The molecule has 0 spiro atoms. The molecular formula is C9H13NO2. The van der Waals surface area contributed by atoms with Crippen LogP contribution < -0.4 is 5.73 Å². The maximum atomic E-state index is 10.9. The van der Waals surface area contributed by atoms with Gasteiger partial charge in [0.15, 0.2) is 0 Å². The third-order valence-corrected chi connectivity index (χ3v) is 1.33. The van der Waals surface area contributed by atoms with Gasteiger partial charge in [-0.25, -0.2) is 4.79 Å². The van der Waals surface area contributed by atoms with Crippen molar-refractivity contribution in [3.63, 3.8) is 0 Å². The maximum absolute atomic E-state index is 10.9. The fourth-order valence-corrected chi connectivity index (χ4v) is 0.737. The second kappa shape index (κ2) is 4.38. The van der Waals surface area contributed by atoms with Crippen molar-refractivity contribution in [3.05, 3.63) is 29.8 Å². The lowest BCUT2D eigenvalue weighted by Gasteiger charge is -1.97. The summed E-state index contributed by atoms with van der Waals surface area (Å²) in [5.41, 5.74) is 6.57. The van der Waals surface area contributed by atoms with Gasteiger partial charge in [0.1, 0.15) is 0 Å². The Bertz CT molecular complexity index is 254. The summed E-state index contributed by atoms with van der Waals surface area (Å²) in [6.07, 6.45) is 0. The molecular weight excluding hydrogens is 154 g/mol. The summed E-state index contributed by atoms with van der Waals surface area (Å²) in [7, 11) is 1.35. The van der Waals surface area contributed by atoms with Gasteiger partial charge in [-0.15, -0.1) is 0 Å². The first-order chi connectivity index (χ1) is 5.24. The molecule has 0 bridgehead atoms. The van der Waals surface area contributed by atoms with Crippen LogP contribution in [0.25, 0.3) is 0 Å². The van der Waals surface area contributed by atoms with Crippen LogP contribution in [0.2, 0.25) is 0 Å². The van der Waals surface area contributed by atoms with E-state index in [0.29, 0.717) is 11.3 Å². The number of carbonyl (C=O) groups excluding carboxylic acids is 1. The van der Waals surface area contributed by atoms with Crippen LogP contribution in [0, 0.1) is 0 Å². The highest BCUT2D eigenvalue weighted by atomic mass is 16.5. The molecule has 1 aromatic rings. The van der Waals surface area contributed by atoms with E-state index in [9.17, 15) is 4.79 Å². The van der Waals surface area contributed by atoms with E-state index >= 15 is 0 Å². The summed E-state index contributed by atoms with van der Waals surface area (Å²) >= 11 is 0. The Balaban J connectivity index is 0.00000121. The molecule has 3 heteroatoms. The zero-order valence-corrected chi connectivity index (χ0v) is 6.20. The van der Waals surface area contributed by atoms with Crippen LogP contribution in [0.15, 0.2) is 24.3 Å². The Kier molecular flexibility index (Phi) is 3.83. The molecule has 12 heavy (non-hydrogen) atoms. The van der Waals surface area contributed by atoms with E-state index in [0.717, 1.165) is 0 Å². The molecule has 0 radical (unpaired) electrons. The van der Waals surface area contributed by atoms with Gasteiger partial charge in [-0.3, -0.25) is 0 Å². The molecule has 0 unspecified atom stereocenters. The van der Waals surface area contributed by atoms with Crippen LogP contribution in [0.1, 0.15) is 17.8 Å². The minimum atomic E-state index is -0.343. The molecule has 1 aromatic carbocycles. The number of benzene rings is 1. The van der Waals surface area contributed by atoms with Crippen molar-refractivity contribution in [2.24, 2.45) is 0 Å². The van der Waals surface area contributed by atoms with Crippen molar-refractivity contribution in [2.75, 3.05) is 12.8 Å². The Labute approximate surface area is 72.1 Å². The van der Waals surface area contributed by atoms with Crippen molar-refractivity contribution in [1.29, 1.82) is 0 Å². The van der Waals surface area contributed by atoms with Crippen molar-refractivity contribution in [1.82, 2.24) is 0 Å². The van der Waals surface area contributed by atoms with Gasteiger partial charge < -0.3 is 10.5 Å². The van der Waals surface area contributed by atoms with Crippen LogP contribution in [0.5, 0.6) is 0 Å². The predicted octanol–water partition coefficient (Wildman–Crippen LogP) is 1.69. The number of anilines is 1. The van der Waals surface area contributed by atoms with E-state index in [-0.39, 0.29) is 13.4 Å². The quantitative estimate of drug-likeness (QED) is 0.511. The predicted molar refractivity (Wildman–Crippen MR) is 48.9 cm³/mol. The number of nitrogens with two attached hydrogens (primary N) is 1. The van der Waals surface area contributed by atoms with E-state index < -0.39 is 0 Å². The molecule has 3 nitrogen and oxygen atoms in total. The van der Waals surface area contributed by atoms with Gasteiger partial charge in [0, 0.05) is 5.69 Å². The summed E-state index contributed by atoms with van der Waals surface area (Å²) < 4.78 is 4.50. The van der Waals surface area contributed by atoms with Crippen LogP contribution in [-0.2, 0) is 4.74 Å². The summed E-state index contributed by atoms with van der Waals surface area (Å²) in [5.74, 6) is -0.343. The van der Waals surface area contributed by atoms with Crippen LogP contribution in [0.4, 0.5) is 5.69 Å². The van der Waals surface area contributed by atoms with Gasteiger partial charge in [-0.05, 0) is 24.3 Å². The molecule has 1 rings (SSSR count). The molecule has 0 atom stereocenters. The van der Waals surface area contributed by atoms with Crippen molar-refractivity contribution < 1.29 is 9.53 Å². The fourth-order valence-electron chi connectivity index (χ4n) is 0.737. The monoisotopic (exact) mass is 167 g/mol. The third-order valence-electron chi connectivity index (χ3n) is 1.33. The Morgan fingerprint density at radius 1 is 1.33 bits per heavy atom. The standard InChI is InChI=1S/C8H9NO2.CH4/c1-11-8(10)6-2-4-7(9)5-3-6;/h2-5H,9H2,1H3;1H4. The number of rotatable bonds is 1. The maximum Gasteiger partial charge on any atom is 0.337 e. The summed E-state index contributed by atoms with van der Waals surface area (Å²) in [4.78, 5) is 10.9. The number of carbonyl (C=O) groups is 1. The lowest BCUT2D eigenvalue weighted by atomic mass is 10.2. The zero-order chi connectivity index (χ0) is 8.27. The largest absolute Gasteiger partial charge is 0.465 e. The second-order valence-corrected chi connectivity index (χ2v) is 2.11.